The molecule has 0 spiro atoms. The summed E-state index contributed by atoms with van der Waals surface area (Å²) in [7, 11) is 0. The van der Waals surface area contributed by atoms with Crippen LogP contribution in [0.15, 0.2) is 0 Å². The monoisotopic (exact) mass is 199 g/mol. The third kappa shape index (κ3) is 3.66. The molecule has 1 N–H and O–H groups in total. The number of rotatable bonds is 4. The topological polar surface area (TPSA) is 38.3 Å². The van der Waals surface area contributed by atoms with Crippen LogP contribution in [-0.2, 0) is 9.53 Å². The van der Waals surface area contributed by atoms with Crippen molar-refractivity contribution in [3.8, 4) is 0 Å². The Hall–Kier alpha value is -0.570. The van der Waals surface area contributed by atoms with Gasteiger partial charge >= 0.3 is 5.97 Å². The first kappa shape index (κ1) is 11.5. The van der Waals surface area contributed by atoms with Crippen LogP contribution in [-0.4, -0.2) is 24.7 Å². The van der Waals surface area contributed by atoms with Crippen LogP contribution in [0.3, 0.4) is 0 Å². The SMILES string of the molecule is CC(C)CC(C)OC(=O)[C@H]1CCCN1. The van der Waals surface area contributed by atoms with E-state index in [1.54, 1.807) is 0 Å². The van der Waals surface area contributed by atoms with Gasteiger partial charge in [-0.05, 0) is 38.6 Å². The summed E-state index contributed by atoms with van der Waals surface area (Å²) >= 11 is 0. The Labute approximate surface area is 86.2 Å². The second-order valence-electron chi connectivity index (χ2n) is 4.53. The molecule has 1 heterocycles. The zero-order chi connectivity index (χ0) is 10.6. The van der Waals surface area contributed by atoms with Crippen molar-refractivity contribution in [1.82, 2.24) is 5.32 Å². The fraction of sp³-hybridized carbons (Fsp3) is 0.909. The molecule has 0 aromatic rings. The van der Waals surface area contributed by atoms with Gasteiger partial charge in [-0.25, -0.2) is 0 Å². The second kappa shape index (κ2) is 5.35. The summed E-state index contributed by atoms with van der Waals surface area (Å²) in [4.78, 5) is 11.6. The van der Waals surface area contributed by atoms with Gasteiger partial charge in [-0.15, -0.1) is 0 Å². The van der Waals surface area contributed by atoms with Crippen molar-refractivity contribution in [3.63, 3.8) is 0 Å². The number of carbonyl (C=O) groups is 1. The molecule has 1 unspecified atom stereocenters. The standard InChI is InChI=1S/C11H21NO2/c1-8(2)7-9(3)14-11(13)10-5-4-6-12-10/h8-10,12H,4-7H2,1-3H3/t9?,10-/m1/s1. The molecule has 14 heavy (non-hydrogen) atoms. The van der Waals surface area contributed by atoms with Gasteiger partial charge < -0.3 is 10.1 Å². The molecule has 0 saturated carbocycles. The number of ether oxygens (including phenoxy) is 1. The lowest BCUT2D eigenvalue weighted by atomic mass is 10.1. The first-order valence-corrected chi connectivity index (χ1v) is 5.53. The maximum atomic E-state index is 11.6. The average Bonchev–Trinajstić information content (AvgIpc) is 2.53. The number of hydrogen-bond donors (Lipinski definition) is 1. The van der Waals surface area contributed by atoms with Gasteiger partial charge in [0.25, 0.3) is 0 Å². The Kier molecular flexibility index (Phi) is 4.39. The quantitative estimate of drug-likeness (QED) is 0.701. The summed E-state index contributed by atoms with van der Waals surface area (Å²) in [6.45, 7) is 7.18. The highest BCUT2D eigenvalue weighted by Crippen LogP contribution is 2.12. The Morgan fingerprint density at radius 1 is 1.50 bits per heavy atom. The van der Waals surface area contributed by atoms with Crippen molar-refractivity contribution in [3.05, 3.63) is 0 Å². The van der Waals surface area contributed by atoms with Gasteiger partial charge in [-0.2, -0.15) is 0 Å². The van der Waals surface area contributed by atoms with Crippen LogP contribution in [0.1, 0.15) is 40.0 Å². The highest BCUT2D eigenvalue weighted by atomic mass is 16.5. The number of nitrogens with one attached hydrogen (secondary N) is 1. The molecule has 0 bridgehead atoms. The maximum absolute atomic E-state index is 11.6. The number of esters is 1. The van der Waals surface area contributed by atoms with Crippen molar-refractivity contribution in [2.75, 3.05) is 6.54 Å². The van der Waals surface area contributed by atoms with Crippen molar-refractivity contribution >= 4 is 5.97 Å². The molecule has 1 fully saturated rings. The van der Waals surface area contributed by atoms with Gasteiger partial charge in [0.15, 0.2) is 0 Å². The van der Waals surface area contributed by atoms with Crippen LogP contribution < -0.4 is 5.32 Å². The van der Waals surface area contributed by atoms with Gasteiger partial charge in [0.1, 0.15) is 6.04 Å². The molecular formula is C11H21NO2. The fourth-order valence-electron chi connectivity index (χ4n) is 1.88. The molecule has 1 aliphatic heterocycles. The van der Waals surface area contributed by atoms with Gasteiger partial charge in [0.2, 0.25) is 0 Å². The highest BCUT2D eigenvalue weighted by molar-refractivity contribution is 5.76. The van der Waals surface area contributed by atoms with E-state index >= 15 is 0 Å². The molecule has 0 aromatic carbocycles. The molecule has 1 saturated heterocycles. The molecule has 1 rings (SSSR count). The van der Waals surface area contributed by atoms with Crippen LogP contribution >= 0.6 is 0 Å². The van der Waals surface area contributed by atoms with E-state index in [1.165, 1.54) is 0 Å². The maximum Gasteiger partial charge on any atom is 0.323 e. The smallest absolute Gasteiger partial charge is 0.323 e. The Morgan fingerprint density at radius 2 is 2.21 bits per heavy atom. The summed E-state index contributed by atoms with van der Waals surface area (Å²) in [5.74, 6) is 0.505. The molecule has 3 heteroatoms. The normalized spacial score (nSPS) is 23.9. The Bertz CT molecular complexity index is 186. The molecule has 0 radical (unpaired) electrons. The number of hydrogen-bond acceptors (Lipinski definition) is 3. The van der Waals surface area contributed by atoms with Crippen LogP contribution in [0, 0.1) is 5.92 Å². The van der Waals surface area contributed by atoms with Crippen LogP contribution in [0.25, 0.3) is 0 Å². The van der Waals surface area contributed by atoms with E-state index in [9.17, 15) is 4.79 Å². The first-order valence-electron chi connectivity index (χ1n) is 5.53. The third-order valence-corrected chi connectivity index (χ3v) is 2.47. The minimum absolute atomic E-state index is 0.0462. The summed E-state index contributed by atoms with van der Waals surface area (Å²) in [6.07, 6.45) is 2.99. The van der Waals surface area contributed by atoms with Crippen molar-refractivity contribution in [1.29, 1.82) is 0 Å². The molecule has 0 aromatic heterocycles. The van der Waals surface area contributed by atoms with Crippen molar-refractivity contribution < 1.29 is 9.53 Å². The predicted molar refractivity (Wildman–Crippen MR) is 56.0 cm³/mol. The summed E-state index contributed by atoms with van der Waals surface area (Å²) < 4.78 is 5.34. The average molecular weight is 199 g/mol. The van der Waals surface area contributed by atoms with Crippen molar-refractivity contribution in [2.45, 2.75) is 52.2 Å². The summed E-state index contributed by atoms with van der Waals surface area (Å²) in [6, 6.07) is -0.0513. The van der Waals surface area contributed by atoms with Gasteiger partial charge in [0.05, 0.1) is 6.10 Å². The molecule has 1 aliphatic rings. The van der Waals surface area contributed by atoms with E-state index < -0.39 is 0 Å². The summed E-state index contributed by atoms with van der Waals surface area (Å²) in [5.41, 5.74) is 0. The van der Waals surface area contributed by atoms with Gasteiger partial charge in [0, 0.05) is 0 Å². The molecule has 2 atom stereocenters. The fourth-order valence-corrected chi connectivity index (χ4v) is 1.88. The van der Waals surface area contributed by atoms with Crippen LogP contribution in [0.2, 0.25) is 0 Å². The Morgan fingerprint density at radius 3 is 2.71 bits per heavy atom. The minimum atomic E-state index is -0.0735. The zero-order valence-corrected chi connectivity index (χ0v) is 9.38. The molecule has 82 valence electrons. The van der Waals surface area contributed by atoms with E-state index in [0.717, 1.165) is 25.8 Å². The minimum Gasteiger partial charge on any atom is -0.462 e. The predicted octanol–water partition coefficient (Wildman–Crippen LogP) is 1.72. The van der Waals surface area contributed by atoms with Gasteiger partial charge in [-0.3, -0.25) is 4.79 Å². The number of carbonyl (C=O) groups excluding carboxylic acids is 1. The third-order valence-electron chi connectivity index (χ3n) is 2.47. The van der Waals surface area contributed by atoms with E-state index in [1.807, 2.05) is 6.92 Å². The lowest BCUT2D eigenvalue weighted by Gasteiger charge is -2.17. The molecule has 3 nitrogen and oxygen atoms in total. The van der Waals surface area contributed by atoms with Crippen LogP contribution in [0.4, 0.5) is 0 Å². The zero-order valence-electron chi connectivity index (χ0n) is 9.38. The van der Waals surface area contributed by atoms with Crippen molar-refractivity contribution in [2.24, 2.45) is 5.92 Å². The Balaban J connectivity index is 2.25. The second-order valence-corrected chi connectivity index (χ2v) is 4.53. The van der Waals surface area contributed by atoms with E-state index in [4.69, 9.17) is 4.74 Å². The van der Waals surface area contributed by atoms with E-state index in [0.29, 0.717) is 5.92 Å². The summed E-state index contributed by atoms with van der Waals surface area (Å²) in [5, 5.41) is 3.14. The molecule has 0 amide bonds. The molecular weight excluding hydrogens is 178 g/mol. The van der Waals surface area contributed by atoms with E-state index in [2.05, 4.69) is 19.2 Å². The van der Waals surface area contributed by atoms with Crippen LogP contribution in [0.5, 0.6) is 0 Å². The first-order chi connectivity index (χ1) is 6.59. The van der Waals surface area contributed by atoms with E-state index in [-0.39, 0.29) is 18.1 Å². The highest BCUT2D eigenvalue weighted by Gasteiger charge is 2.24. The largest absolute Gasteiger partial charge is 0.462 e. The lowest BCUT2D eigenvalue weighted by molar-refractivity contribution is -0.151. The molecule has 0 aliphatic carbocycles. The van der Waals surface area contributed by atoms with Gasteiger partial charge in [-0.1, -0.05) is 13.8 Å². The lowest BCUT2D eigenvalue weighted by Crippen LogP contribution is -2.34.